The summed E-state index contributed by atoms with van der Waals surface area (Å²) in [5.41, 5.74) is 2.57. The third-order valence-corrected chi connectivity index (χ3v) is 4.23. The van der Waals surface area contributed by atoms with Crippen molar-refractivity contribution in [2.24, 2.45) is 0 Å². The molecule has 0 saturated heterocycles. The van der Waals surface area contributed by atoms with Gasteiger partial charge in [0.25, 0.3) is 0 Å². The molecule has 3 aromatic rings. The summed E-state index contributed by atoms with van der Waals surface area (Å²) in [4.78, 5) is 0. The van der Waals surface area contributed by atoms with E-state index >= 15 is 0 Å². The maximum absolute atomic E-state index is 13.2. The number of allylic oxidation sites excluding steroid dienone is 1. The van der Waals surface area contributed by atoms with Crippen molar-refractivity contribution in [3.8, 4) is 11.5 Å². The average Bonchev–Trinajstić information content (AvgIpc) is 3.16. The van der Waals surface area contributed by atoms with E-state index in [2.05, 4.69) is 20.8 Å². The zero-order valence-corrected chi connectivity index (χ0v) is 14.2. The fourth-order valence-corrected chi connectivity index (χ4v) is 2.93. The van der Waals surface area contributed by atoms with Crippen LogP contribution in [0.3, 0.4) is 0 Å². The van der Waals surface area contributed by atoms with Gasteiger partial charge in [0, 0.05) is 5.70 Å². The van der Waals surface area contributed by atoms with Gasteiger partial charge in [-0.15, -0.1) is 0 Å². The number of methoxy groups -OCH3 is 2. The van der Waals surface area contributed by atoms with Gasteiger partial charge in [-0.1, -0.05) is 11.2 Å². The average molecular weight is 353 g/mol. The van der Waals surface area contributed by atoms with Gasteiger partial charge < -0.3 is 14.8 Å². The molecule has 132 valence electrons. The van der Waals surface area contributed by atoms with Crippen molar-refractivity contribution < 1.29 is 13.9 Å². The summed E-state index contributed by atoms with van der Waals surface area (Å²) in [6, 6.07) is 11.7. The Hall–Kier alpha value is -3.42. The molecule has 7 nitrogen and oxygen atoms in total. The molecule has 0 bridgehead atoms. The van der Waals surface area contributed by atoms with Gasteiger partial charge in [0.15, 0.2) is 11.5 Å². The molecule has 1 aliphatic rings. The first kappa shape index (κ1) is 16.1. The molecule has 0 radical (unpaired) electrons. The Kier molecular flexibility index (Phi) is 4.00. The third kappa shape index (κ3) is 2.75. The molecule has 1 atom stereocenters. The van der Waals surface area contributed by atoms with Crippen LogP contribution in [0.25, 0.3) is 5.70 Å². The summed E-state index contributed by atoms with van der Waals surface area (Å²) in [7, 11) is 3.18. The molecule has 1 aromatic heterocycles. The smallest absolute Gasteiger partial charge is 0.248 e. The molecule has 0 aliphatic carbocycles. The number of hydrogen-bond acceptors (Lipinski definition) is 6. The summed E-state index contributed by atoms with van der Waals surface area (Å²) >= 11 is 0. The lowest BCUT2D eigenvalue weighted by atomic mass is 10.0. The molecule has 1 N–H and O–H groups in total. The summed E-state index contributed by atoms with van der Waals surface area (Å²) in [5.74, 6) is 1.48. The lowest BCUT2D eigenvalue weighted by molar-refractivity contribution is 0.354. The van der Waals surface area contributed by atoms with Crippen LogP contribution >= 0.6 is 0 Å². The Morgan fingerprint density at radius 1 is 1.04 bits per heavy atom. The zero-order valence-electron chi connectivity index (χ0n) is 14.2. The van der Waals surface area contributed by atoms with E-state index in [1.807, 2.05) is 24.3 Å². The van der Waals surface area contributed by atoms with Gasteiger partial charge in [0.2, 0.25) is 5.95 Å². The molecule has 1 aliphatic heterocycles. The van der Waals surface area contributed by atoms with Crippen molar-refractivity contribution in [2.45, 2.75) is 6.04 Å². The van der Waals surface area contributed by atoms with Crippen LogP contribution in [0.4, 0.5) is 10.3 Å². The van der Waals surface area contributed by atoms with E-state index in [1.165, 1.54) is 12.1 Å². The molecule has 2 heterocycles. The molecule has 0 amide bonds. The number of tetrazole rings is 1. The van der Waals surface area contributed by atoms with Crippen LogP contribution in [-0.4, -0.2) is 34.4 Å². The lowest BCUT2D eigenvalue weighted by Gasteiger charge is -2.24. The van der Waals surface area contributed by atoms with Gasteiger partial charge in [-0.3, -0.25) is 0 Å². The number of ether oxygens (including phenoxy) is 2. The minimum Gasteiger partial charge on any atom is -0.493 e. The summed E-state index contributed by atoms with van der Waals surface area (Å²) in [5, 5.41) is 15.0. The Morgan fingerprint density at radius 2 is 1.81 bits per heavy atom. The summed E-state index contributed by atoms with van der Waals surface area (Å²) in [6.07, 6.45) is 1.98. The minimum absolute atomic E-state index is 0.249. The SMILES string of the molecule is COc1ccc([C@H]2C=C(c3ccc(F)cc3)Nc3nnnn32)cc1OC. The largest absolute Gasteiger partial charge is 0.493 e. The predicted octanol–water partition coefficient (Wildman–Crippen LogP) is 2.89. The number of halogens is 1. The molecule has 0 unspecified atom stereocenters. The molecule has 0 fully saturated rings. The van der Waals surface area contributed by atoms with Crippen molar-refractivity contribution in [1.29, 1.82) is 0 Å². The van der Waals surface area contributed by atoms with E-state index < -0.39 is 0 Å². The Balaban J connectivity index is 1.80. The highest BCUT2D eigenvalue weighted by Crippen LogP contribution is 2.35. The number of rotatable bonds is 4. The summed E-state index contributed by atoms with van der Waals surface area (Å²) in [6.45, 7) is 0. The van der Waals surface area contributed by atoms with E-state index in [0.29, 0.717) is 17.4 Å². The van der Waals surface area contributed by atoms with E-state index in [-0.39, 0.29) is 11.9 Å². The number of nitrogens with zero attached hydrogens (tertiary/aromatic N) is 4. The van der Waals surface area contributed by atoms with Gasteiger partial charge in [-0.05, 0) is 64.0 Å². The Morgan fingerprint density at radius 3 is 2.54 bits per heavy atom. The predicted molar refractivity (Wildman–Crippen MR) is 93.5 cm³/mol. The third-order valence-electron chi connectivity index (χ3n) is 4.23. The van der Waals surface area contributed by atoms with Crippen molar-refractivity contribution in [1.82, 2.24) is 20.2 Å². The van der Waals surface area contributed by atoms with Gasteiger partial charge in [0.05, 0.1) is 14.2 Å². The molecule has 26 heavy (non-hydrogen) atoms. The van der Waals surface area contributed by atoms with Crippen LogP contribution in [0.15, 0.2) is 48.5 Å². The first-order valence-electron chi connectivity index (χ1n) is 7.94. The monoisotopic (exact) mass is 353 g/mol. The van der Waals surface area contributed by atoms with E-state index in [1.54, 1.807) is 31.0 Å². The van der Waals surface area contributed by atoms with Crippen LogP contribution in [0.1, 0.15) is 17.2 Å². The quantitative estimate of drug-likeness (QED) is 0.777. The number of benzene rings is 2. The van der Waals surface area contributed by atoms with Gasteiger partial charge >= 0.3 is 0 Å². The zero-order chi connectivity index (χ0) is 18.1. The van der Waals surface area contributed by atoms with Gasteiger partial charge in [-0.25, -0.2) is 4.39 Å². The topological polar surface area (TPSA) is 74.1 Å². The second kappa shape index (κ2) is 6.47. The lowest BCUT2D eigenvalue weighted by Crippen LogP contribution is -2.20. The minimum atomic E-state index is -0.286. The van der Waals surface area contributed by atoms with Crippen LogP contribution in [0.5, 0.6) is 11.5 Å². The Labute approximate surface area is 149 Å². The molecule has 8 heteroatoms. The Bertz CT molecular complexity index is 968. The molecule has 0 saturated carbocycles. The standard InChI is InChI=1S/C18H16FN5O2/c1-25-16-8-5-12(9-17(16)26-2)15-10-14(11-3-6-13(19)7-4-11)20-18-21-22-23-24(15)18/h3-10,15H,1-2H3,(H,20,21,23)/t15-/m1/s1. The van der Waals surface area contributed by atoms with Crippen LogP contribution in [-0.2, 0) is 0 Å². The fourth-order valence-electron chi connectivity index (χ4n) is 2.93. The van der Waals surface area contributed by atoms with Crippen LogP contribution < -0.4 is 14.8 Å². The maximum atomic E-state index is 13.2. The molecular weight excluding hydrogens is 337 g/mol. The van der Waals surface area contributed by atoms with Gasteiger partial charge in [-0.2, -0.15) is 4.68 Å². The van der Waals surface area contributed by atoms with Crippen molar-refractivity contribution in [3.63, 3.8) is 0 Å². The maximum Gasteiger partial charge on any atom is 0.248 e. The highest BCUT2D eigenvalue weighted by Gasteiger charge is 2.25. The van der Waals surface area contributed by atoms with Crippen LogP contribution in [0.2, 0.25) is 0 Å². The number of anilines is 1. The summed E-state index contributed by atoms with van der Waals surface area (Å²) < 4.78 is 25.6. The van der Waals surface area contributed by atoms with E-state index in [9.17, 15) is 4.39 Å². The van der Waals surface area contributed by atoms with Gasteiger partial charge in [0.1, 0.15) is 11.9 Å². The first-order chi connectivity index (χ1) is 12.7. The van der Waals surface area contributed by atoms with E-state index in [4.69, 9.17) is 9.47 Å². The molecular formula is C18H16FN5O2. The second-order valence-corrected chi connectivity index (χ2v) is 5.72. The molecule has 0 spiro atoms. The van der Waals surface area contributed by atoms with Crippen molar-refractivity contribution in [2.75, 3.05) is 19.5 Å². The molecule has 4 rings (SSSR count). The highest BCUT2D eigenvalue weighted by molar-refractivity contribution is 5.77. The van der Waals surface area contributed by atoms with Crippen molar-refractivity contribution in [3.05, 3.63) is 65.5 Å². The number of nitrogens with one attached hydrogen (secondary N) is 1. The fraction of sp³-hybridized carbons (Fsp3) is 0.167. The van der Waals surface area contributed by atoms with Crippen LogP contribution in [0, 0.1) is 5.82 Å². The number of hydrogen-bond donors (Lipinski definition) is 1. The number of aromatic nitrogens is 4. The number of fused-ring (bicyclic) bond motifs is 1. The molecule has 2 aromatic carbocycles. The van der Waals surface area contributed by atoms with E-state index in [0.717, 1.165) is 16.8 Å². The first-order valence-corrected chi connectivity index (χ1v) is 7.94. The highest BCUT2D eigenvalue weighted by atomic mass is 19.1. The van der Waals surface area contributed by atoms with Crippen molar-refractivity contribution >= 4 is 11.6 Å². The normalized spacial score (nSPS) is 15.7. The second-order valence-electron chi connectivity index (χ2n) is 5.72.